The maximum atomic E-state index is 12.3. The number of methoxy groups -OCH3 is 2. The van der Waals surface area contributed by atoms with Gasteiger partial charge in [-0.05, 0) is 36.2 Å². The summed E-state index contributed by atoms with van der Waals surface area (Å²) in [6.07, 6.45) is 0.973. The van der Waals surface area contributed by atoms with Crippen LogP contribution in [0.1, 0.15) is 12.0 Å². The molecule has 1 amide bonds. The van der Waals surface area contributed by atoms with Crippen LogP contribution in [0.4, 0.5) is 11.4 Å². The molecule has 0 aliphatic rings. The first-order valence-electron chi connectivity index (χ1n) is 7.38. The number of rotatable bonds is 6. The number of hydrogen-bond donors (Lipinski definition) is 1. The molecule has 122 valence electrons. The molecule has 2 N–H and O–H groups in total. The second-order valence-corrected chi connectivity index (χ2v) is 5.21. The van der Waals surface area contributed by atoms with E-state index >= 15 is 0 Å². The quantitative estimate of drug-likeness (QED) is 0.833. The number of nitrogens with zero attached hydrogens (tertiary/aromatic N) is 1. The Kier molecular flexibility index (Phi) is 5.46. The number of benzene rings is 2. The molecule has 2 aromatic rings. The van der Waals surface area contributed by atoms with Gasteiger partial charge in [-0.1, -0.05) is 18.2 Å². The van der Waals surface area contributed by atoms with Crippen LogP contribution in [-0.2, 0) is 11.2 Å². The molecular weight excluding hydrogens is 292 g/mol. The second kappa shape index (κ2) is 7.54. The third-order valence-corrected chi connectivity index (χ3v) is 3.71. The number of carbonyl (C=O) groups excluding carboxylic acids is 1. The minimum Gasteiger partial charge on any atom is -0.493 e. The van der Waals surface area contributed by atoms with Crippen molar-refractivity contribution >= 4 is 17.3 Å². The van der Waals surface area contributed by atoms with Crippen LogP contribution in [0.15, 0.2) is 42.5 Å². The second-order valence-electron chi connectivity index (χ2n) is 5.21. The van der Waals surface area contributed by atoms with Crippen molar-refractivity contribution in [2.75, 3.05) is 31.9 Å². The number of anilines is 2. The summed E-state index contributed by atoms with van der Waals surface area (Å²) in [6, 6.07) is 13.2. The first kappa shape index (κ1) is 16.7. The lowest BCUT2D eigenvalue weighted by molar-refractivity contribution is -0.118. The summed E-state index contributed by atoms with van der Waals surface area (Å²) >= 11 is 0. The third-order valence-electron chi connectivity index (χ3n) is 3.71. The van der Waals surface area contributed by atoms with Gasteiger partial charge in [-0.3, -0.25) is 4.79 Å². The van der Waals surface area contributed by atoms with E-state index in [1.807, 2.05) is 42.5 Å². The predicted molar refractivity (Wildman–Crippen MR) is 92.1 cm³/mol. The SMILES string of the molecule is COc1cc(CCC(=O)N(C)c2ccccc2)cc(N)c1OC. The zero-order chi connectivity index (χ0) is 16.8. The van der Waals surface area contributed by atoms with Gasteiger partial charge in [0.1, 0.15) is 0 Å². The molecule has 0 fully saturated rings. The van der Waals surface area contributed by atoms with Crippen LogP contribution in [0, 0.1) is 0 Å². The molecule has 23 heavy (non-hydrogen) atoms. The minimum absolute atomic E-state index is 0.0459. The van der Waals surface area contributed by atoms with Crippen molar-refractivity contribution in [3.05, 3.63) is 48.0 Å². The molecule has 0 spiro atoms. The zero-order valence-corrected chi connectivity index (χ0v) is 13.7. The number of ether oxygens (including phenoxy) is 2. The van der Waals surface area contributed by atoms with E-state index in [1.54, 1.807) is 26.2 Å². The van der Waals surface area contributed by atoms with Crippen molar-refractivity contribution < 1.29 is 14.3 Å². The average molecular weight is 314 g/mol. The van der Waals surface area contributed by atoms with E-state index in [0.717, 1.165) is 11.3 Å². The molecule has 0 heterocycles. The molecule has 5 nitrogen and oxygen atoms in total. The van der Waals surface area contributed by atoms with E-state index in [9.17, 15) is 4.79 Å². The number of amides is 1. The van der Waals surface area contributed by atoms with E-state index in [2.05, 4.69) is 0 Å². The maximum Gasteiger partial charge on any atom is 0.227 e. The van der Waals surface area contributed by atoms with Crippen LogP contribution in [0.5, 0.6) is 11.5 Å². The first-order valence-corrected chi connectivity index (χ1v) is 7.38. The van der Waals surface area contributed by atoms with Crippen LogP contribution in [0.2, 0.25) is 0 Å². The maximum absolute atomic E-state index is 12.3. The van der Waals surface area contributed by atoms with E-state index in [-0.39, 0.29) is 5.91 Å². The first-order chi connectivity index (χ1) is 11.1. The van der Waals surface area contributed by atoms with E-state index in [0.29, 0.717) is 30.0 Å². The molecule has 0 saturated heterocycles. The molecule has 0 bridgehead atoms. The van der Waals surface area contributed by atoms with Gasteiger partial charge in [-0.15, -0.1) is 0 Å². The summed E-state index contributed by atoms with van der Waals surface area (Å²) in [5.41, 5.74) is 8.29. The van der Waals surface area contributed by atoms with Crippen LogP contribution in [-0.4, -0.2) is 27.2 Å². The highest BCUT2D eigenvalue weighted by molar-refractivity contribution is 5.92. The van der Waals surface area contributed by atoms with Crippen molar-refractivity contribution in [2.24, 2.45) is 0 Å². The fraction of sp³-hybridized carbons (Fsp3) is 0.278. The highest BCUT2D eigenvalue weighted by atomic mass is 16.5. The lowest BCUT2D eigenvalue weighted by atomic mass is 10.1. The highest BCUT2D eigenvalue weighted by Crippen LogP contribution is 2.34. The number of nitrogen functional groups attached to an aromatic ring is 1. The standard InChI is InChI=1S/C18H22N2O3/c1-20(14-7-5-4-6-8-14)17(21)10-9-13-11-15(19)18(23-3)16(12-13)22-2/h4-8,11-12H,9-10,19H2,1-3H3. The van der Waals surface area contributed by atoms with Gasteiger partial charge >= 0.3 is 0 Å². The lowest BCUT2D eigenvalue weighted by Crippen LogP contribution is -2.26. The Morgan fingerprint density at radius 1 is 1.13 bits per heavy atom. The van der Waals surface area contributed by atoms with Crippen LogP contribution in [0.3, 0.4) is 0 Å². The summed E-state index contributed by atoms with van der Waals surface area (Å²) in [7, 11) is 4.89. The number of aryl methyl sites for hydroxylation is 1. The van der Waals surface area contributed by atoms with Crippen molar-refractivity contribution in [3.63, 3.8) is 0 Å². The van der Waals surface area contributed by atoms with Crippen LogP contribution < -0.4 is 20.1 Å². The molecule has 0 unspecified atom stereocenters. The fourth-order valence-corrected chi connectivity index (χ4v) is 2.41. The smallest absolute Gasteiger partial charge is 0.227 e. The molecule has 5 heteroatoms. The predicted octanol–water partition coefficient (Wildman–Crippen LogP) is 2.88. The van der Waals surface area contributed by atoms with Crippen molar-refractivity contribution in [2.45, 2.75) is 12.8 Å². The summed E-state index contributed by atoms with van der Waals surface area (Å²) in [5, 5.41) is 0. The van der Waals surface area contributed by atoms with Gasteiger partial charge in [0.2, 0.25) is 5.91 Å². The summed E-state index contributed by atoms with van der Waals surface area (Å²) in [5.74, 6) is 1.14. The summed E-state index contributed by atoms with van der Waals surface area (Å²) < 4.78 is 10.5. The van der Waals surface area contributed by atoms with E-state index in [1.165, 1.54) is 0 Å². The molecular formula is C18H22N2O3. The Hall–Kier alpha value is -2.69. The molecule has 0 aliphatic heterocycles. The topological polar surface area (TPSA) is 64.8 Å². The van der Waals surface area contributed by atoms with Gasteiger partial charge in [-0.2, -0.15) is 0 Å². The normalized spacial score (nSPS) is 10.2. The summed E-state index contributed by atoms with van der Waals surface area (Å²) in [4.78, 5) is 14.0. The third kappa shape index (κ3) is 3.94. The molecule has 0 aromatic heterocycles. The van der Waals surface area contributed by atoms with Gasteiger partial charge < -0.3 is 20.1 Å². The van der Waals surface area contributed by atoms with Crippen LogP contribution in [0.25, 0.3) is 0 Å². The van der Waals surface area contributed by atoms with E-state index in [4.69, 9.17) is 15.2 Å². The van der Waals surface area contributed by atoms with Gasteiger partial charge in [0.25, 0.3) is 0 Å². The van der Waals surface area contributed by atoms with Gasteiger partial charge in [0, 0.05) is 19.2 Å². The van der Waals surface area contributed by atoms with Crippen molar-refractivity contribution in [3.8, 4) is 11.5 Å². The molecule has 0 radical (unpaired) electrons. The van der Waals surface area contributed by atoms with Crippen molar-refractivity contribution in [1.82, 2.24) is 0 Å². The number of carbonyl (C=O) groups is 1. The Morgan fingerprint density at radius 2 is 1.83 bits per heavy atom. The number of nitrogens with two attached hydrogens (primary N) is 1. The molecule has 0 aliphatic carbocycles. The molecule has 0 atom stereocenters. The van der Waals surface area contributed by atoms with Gasteiger partial charge in [-0.25, -0.2) is 0 Å². The minimum atomic E-state index is 0.0459. The Bertz CT molecular complexity index is 671. The molecule has 2 aromatic carbocycles. The average Bonchev–Trinajstić information content (AvgIpc) is 2.59. The molecule has 0 saturated carbocycles. The van der Waals surface area contributed by atoms with Gasteiger partial charge in [0.05, 0.1) is 19.9 Å². The number of hydrogen-bond acceptors (Lipinski definition) is 4. The Labute approximate surface area is 136 Å². The Balaban J connectivity index is 2.06. The molecule has 2 rings (SSSR count). The Morgan fingerprint density at radius 3 is 2.43 bits per heavy atom. The summed E-state index contributed by atoms with van der Waals surface area (Å²) in [6.45, 7) is 0. The van der Waals surface area contributed by atoms with E-state index < -0.39 is 0 Å². The highest BCUT2D eigenvalue weighted by Gasteiger charge is 2.13. The zero-order valence-electron chi connectivity index (χ0n) is 13.7. The monoisotopic (exact) mass is 314 g/mol. The van der Waals surface area contributed by atoms with Crippen LogP contribution >= 0.6 is 0 Å². The lowest BCUT2D eigenvalue weighted by Gasteiger charge is -2.17. The van der Waals surface area contributed by atoms with Crippen molar-refractivity contribution in [1.29, 1.82) is 0 Å². The number of para-hydroxylation sites is 1. The largest absolute Gasteiger partial charge is 0.493 e. The van der Waals surface area contributed by atoms with Gasteiger partial charge in [0.15, 0.2) is 11.5 Å². The fourth-order valence-electron chi connectivity index (χ4n) is 2.41.